The monoisotopic (exact) mass is 341 g/mol. The van der Waals surface area contributed by atoms with Gasteiger partial charge in [-0.2, -0.15) is 0 Å². The summed E-state index contributed by atoms with van der Waals surface area (Å²) in [7, 11) is 0. The molecule has 2 amide bonds. The van der Waals surface area contributed by atoms with E-state index in [0.717, 1.165) is 31.5 Å². The molecule has 1 aromatic heterocycles. The lowest BCUT2D eigenvalue weighted by molar-refractivity contribution is -0.123. The van der Waals surface area contributed by atoms with Crippen molar-refractivity contribution in [2.45, 2.75) is 31.3 Å². The maximum absolute atomic E-state index is 12.7. The highest BCUT2D eigenvalue weighted by Gasteiger charge is 2.25. The van der Waals surface area contributed by atoms with Gasteiger partial charge in [-0.15, -0.1) is 0 Å². The van der Waals surface area contributed by atoms with E-state index in [9.17, 15) is 9.59 Å². The molecule has 1 fully saturated rings. The number of hydrogen-bond donors (Lipinski definition) is 3. The van der Waals surface area contributed by atoms with E-state index in [1.807, 2.05) is 30.3 Å². The number of carbonyl (C=O) groups excluding carboxylic acids is 2. The van der Waals surface area contributed by atoms with Gasteiger partial charge in [0.25, 0.3) is 5.91 Å². The van der Waals surface area contributed by atoms with Gasteiger partial charge in [-0.25, -0.2) is 0 Å². The Hall–Kier alpha value is -2.60. The third kappa shape index (κ3) is 4.93. The minimum Gasteiger partial charge on any atom is -0.459 e. The second-order valence-corrected chi connectivity index (χ2v) is 6.24. The first-order valence-corrected chi connectivity index (χ1v) is 8.62. The molecule has 132 valence electrons. The van der Waals surface area contributed by atoms with E-state index in [0.29, 0.717) is 6.42 Å². The standard InChI is InChI=1S/C19H23N3O3/c23-18(21-15-8-4-10-20-13-15)16(12-14-6-2-1-3-7-14)22-19(24)17-9-5-11-25-17/h1-3,5-7,9,11,15-16,20H,4,8,10,12-13H2,(H,21,23)(H,22,24). The molecule has 1 aliphatic heterocycles. The first-order valence-electron chi connectivity index (χ1n) is 8.62. The lowest BCUT2D eigenvalue weighted by atomic mass is 10.0. The summed E-state index contributed by atoms with van der Waals surface area (Å²) in [6.07, 6.45) is 3.85. The fourth-order valence-corrected chi connectivity index (χ4v) is 2.97. The largest absolute Gasteiger partial charge is 0.459 e. The van der Waals surface area contributed by atoms with Crippen LogP contribution in [0.15, 0.2) is 53.1 Å². The molecule has 2 unspecified atom stereocenters. The number of rotatable bonds is 6. The molecule has 1 saturated heterocycles. The second-order valence-electron chi connectivity index (χ2n) is 6.24. The van der Waals surface area contributed by atoms with Crippen LogP contribution in [0.4, 0.5) is 0 Å². The predicted molar refractivity (Wildman–Crippen MR) is 94.1 cm³/mol. The third-order valence-electron chi connectivity index (χ3n) is 4.29. The van der Waals surface area contributed by atoms with Gasteiger partial charge in [-0.1, -0.05) is 30.3 Å². The van der Waals surface area contributed by atoms with Crippen molar-refractivity contribution >= 4 is 11.8 Å². The van der Waals surface area contributed by atoms with Crippen LogP contribution in [0.3, 0.4) is 0 Å². The summed E-state index contributed by atoms with van der Waals surface area (Å²) in [5.74, 6) is -0.356. The molecule has 1 aliphatic rings. The van der Waals surface area contributed by atoms with Gasteiger partial charge in [0.2, 0.25) is 5.91 Å². The quantitative estimate of drug-likeness (QED) is 0.743. The molecule has 0 spiro atoms. The average Bonchev–Trinajstić information content (AvgIpc) is 3.18. The molecule has 0 radical (unpaired) electrons. The smallest absolute Gasteiger partial charge is 0.287 e. The van der Waals surface area contributed by atoms with E-state index in [1.54, 1.807) is 12.1 Å². The van der Waals surface area contributed by atoms with Crippen LogP contribution in [0.5, 0.6) is 0 Å². The first kappa shape index (κ1) is 17.2. The zero-order valence-electron chi connectivity index (χ0n) is 14.0. The maximum Gasteiger partial charge on any atom is 0.287 e. The highest BCUT2D eigenvalue weighted by atomic mass is 16.3. The number of piperidine rings is 1. The molecule has 6 nitrogen and oxygen atoms in total. The van der Waals surface area contributed by atoms with Gasteiger partial charge in [-0.3, -0.25) is 9.59 Å². The van der Waals surface area contributed by atoms with E-state index < -0.39 is 6.04 Å². The van der Waals surface area contributed by atoms with E-state index in [1.165, 1.54) is 6.26 Å². The molecule has 25 heavy (non-hydrogen) atoms. The van der Waals surface area contributed by atoms with E-state index in [2.05, 4.69) is 16.0 Å². The van der Waals surface area contributed by atoms with Crippen molar-refractivity contribution in [2.75, 3.05) is 13.1 Å². The van der Waals surface area contributed by atoms with Crippen LogP contribution < -0.4 is 16.0 Å². The first-order chi connectivity index (χ1) is 12.2. The Morgan fingerprint density at radius 3 is 2.72 bits per heavy atom. The molecule has 6 heteroatoms. The molecular weight excluding hydrogens is 318 g/mol. The van der Waals surface area contributed by atoms with Crippen LogP contribution in [0, 0.1) is 0 Å². The fourth-order valence-electron chi connectivity index (χ4n) is 2.97. The summed E-state index contributed by atoms with van der Waals surface area (Å²) in [6.45, 7) is 1.74. The van der Waals surface area contributed by atoms with Gasteiger partial charge in [0.1, 0.15) is 6.04 Å². The highest BCUT2D eigenvalue weighted by molar-refractivity contribution is 5.95. The highest BCUT2D eigenvalue weighted by Crippen LogP contribution is 2.08. The zero-order valence-corrected chi connectivity index (χ0v) is 14.0. The Morgan fingerprint density at radius 1 is 1.20 bits per heavy atom. The summed E-state index contributed by atoms with van der Waals surface area (Å²) < 4.78 is 5.12. The Bertz CT molecular complexity index is 679. The van der Waals surface area contributed by atoms with Gasteiger partial charge in [0, 0.05) is 19.0 Å². The fraction of sp³-hybridized carbons (Fsp3) is 0.368. The van der Waals surface area contributed by atoms with Gasteiger partial charge in [0.15, 0.2) is 5.76 Å². The van der Waals surface area contributed by atoms with E-state index >= 15 is 0 Å². The van der Waals surface area contributed by atoms with Crippen molar-refractivity contribution in [3.8, 4) is 0 Å². The van der Waals surface area contributed by atoms with Crippen LogP contribution >= 0.6 is 0 Å². The zero-order chi connectivity index (χ0) is 17.5. The van der Waals surface area contributed by atoms with Crippen molar-refractivity contribution in [3.05, 3.63) is 60.1 Å². The van der Waals surface area contributed by atoms with E-state index in [-0.39, 0.29) is 23.6 Å². The number of amides is 2. The molecule has 2 atom stereocenters. The molecule has 1 aromatic carbocycles. The van der Waals surface area contributed by atoms with Crippen LogP contribution in [0.2, 0.25) is 0 Å². The topological polar surface area (TPSA) is 83.4 Å². The van der Waals surface area contributed by atoms with Gasteiger partial charge in [-0.05, 0) is 37.1 Å². The van der Waals surface area contributed by atoms with Gasteiger partial charge < -0.3 is 20.4 Å². The number of nitrogens with one attached hydrogen (secondary N) is 3. The molecular formula is C19H23N3O3. The Kier molecular flexibility index (Phi) is 5.85. The number of benzene rings is 1. The van der Waals surface area contributed by atoms with Crippen LogP contribution in [-0.2, 0) is 11.2 Å². The Morgan fingerprint density at radius 2 is 2.04 bits per heavy atom. The molecule has 3 N–H and O–H groups in total. The summed E-state index contributed by atoms with van der Waals surface area (Å²) in [5.41, 5.74) is 0.990. The van der Waals surface area contributed by atoms with Gasteiger partial charge in [0.05, 0.1) is 6.26 Å². The predicted octanol–water partition coefficient (Wildman–Crippen LogP) is 1.49. The summed E-state index contributed by atoms with van der Waals surface area (Å²) in [6, 6.07) is 12.3. The molecule has 2 aromatic rings. The number of carbonyl (C=O) groups is 2. The maximum atomic E-state index is 12.7. The minimum absolute atomic E-state index is 0.0973. The third-order valence-corrected chi connectivity index (χ3v) is 4.29. The van der Waals surface area contributed by atoms with Crippen LogP contribution in [-0.4, -0.2) is 37.0 Å². The molecule has 0 saturated carbocycles. The normalized spacial score (nSPS) is 18.3. The second kappa shape index (κ2) is 8.48. The van der Waals surface area contributed by atoms with Crippen LogP contribution in [0.1, 0.15) is 29.0 Å². The Labute approximate surface area is 147 Å². The van der Waals surface area contributed by atoms with Crippen LogP contribution in [0.25, 0.3) is 0 Å². The SMILES string of the molecule is O=C(NC(Cc1ccccc1)C(=O)NC1CCCNC1)c1ccco1. The lowest BCUT2D eigenvalue weighted by Gasteiger charge is -2.26. The summed E-state index contributed by atoms with van der Waals surface area (Å²) >= 11 is 0. The molecule has 0 aliphatic carbocycles. The molecule has 0 bridgehead atoms. The molecule has 2 heterocycles. The number of furan rings is 1. The van der Waals surface area contributed by atoms with Crippen molar-refractivity contribution in [1.82, 2.24) is 16.0 Å². The van der Waals surface area contributed by atoms with Crippen molar-refractivity contribution < 1.29 is 14.0 Å². The van der Waals surface area contributed by atoms with Gasteiger partial charge >= 0.3 is 0 Å². The number of hydrogen-bond acceptors (Lipinski definition) is 4. The van der Waals surface area contributed by atoms with E-state index in [4.69, 9.17) is 4.42 Å². The molecule has 3 rings (SSSR count). The Balaban J connectivity index is 1.68. The van der Waals surface area contributed by atoms with Crippen molar-refractivity contribution in [1.29, 1.82) is 0 Å². The summed E-state index contributed by atoms with van der Waals surface area (Å²) in [4.78, 5) is 25.0. The minimum atomic E-state index is -0.651. The van der Waals surface area contributed by atoms with Crippen molar-refractivity contribution in [3.63, 3.8) is 0 Å². The lowest BCUT2D eigenvalue weighted by Crippen LogP contribution is -2.53. The average molecular weight is 341 g/mol. The van der Waals surface area contributed by atoms with Crippen molar-refractivity contribution in [2.24, 2.45) is 0 Å². The summed E-state index contributed by atoms with van der Waals surface area (Å²) in [5, 5.41) is 9.11.